The van der Waals surface area contributed by atoms with Crippen LogP contribution in [0.15, 0.2) is 22.7 Å². The molecule has 1 aliphatic rings. The minimum absolute atomic E-state index is 0.0506. The highest BCUT2D eigenvalue weighted by Gasteiger charge is 2.32. The van der Waals surface area contributed by atoms with Crippen LogP contribution in [0.3, 0.4) is 0 Å². The molecule has 1 amide bonds. The van der Waals surface area contributed by atoms with Gasteiger partial charge in [-0.3, -0.25) is 4.79 Å². The smallest absolute Gasteiger partial charge is 0.261 e. The first kappa shape index (κ1) is 18.3. The van der Waals surface area contributed by atoms with E-state index in [2.05, 4.69) is 10.1 Å². The highest BCUT2D eigenvalue weighted by atomic mass is 16.5. The van der Waals surface area contributed by atoms with Crippen LogP contribution in [-0.4, -0.2) is 54.4 Å². The van der Waals surface area contributed by atoms with Crippen molar-refractivity contribution in [2.75, 3.05) is 33.5 Å². The zero-order chi connectivity index (χ0) is 18.5. The number of morpholine rings is 1. The topological polar surface area (TPSA) is 86.9 Å². The Morgan fingerprint density at radius 1 is 1.35 bits per heavy atom. The summed E-state index contributed by atoms with van der Waals surface area (Å²) in [6, 6.07) is 5.49. The number of rotatable bonds is 6. The van der Waals surface area contributed by atoms with Crippen molar-refractivity contribution < 1.29 is 23.5 Å². The number of methoxy groups -OCH3 is 1. The quantitative estimate of drug-likeness (QED) is 0.775. The van der Waals surface area contributed by atoms with Crippen molar-refractivity contribution in [2.24, 2.45) is 0 Å². The van der Waals surface area contributed by atoms with Gasteiger partial charge in [-0.1, -0.05) is 23.4 Å². The molecule has 0 spiro atoms. The molecule has 26 heavy (non-hydrogen) atoms. The maximum Gasteiger partial charge on any atom is 0.261 e. The molecule has 0 saturated carbocycles. The van der Waals surface area contributed by atoms with Crippen LogP contribution in [-0.2, 0) is 20.9 Å². The molecule has 0 N–H and O–H groups in total. The molecule has 0 radical (unpaired) electrons. The Balaban J connectivity index is 1.69. The predicted octanol–water partition coefficient (Wildman–Crippen LogP) is 1.81. The lowest BCUT2D eigenvalue weighted by Crippen LogP contribution is -2.45. The van der Waals surface area contributed by atoms with Gasteiger partial charge < -0.3 is 23.6 Å². The summed E-state index contributed by atoms with van der Waals surface area (Å²) in [5.74, 6) is 1.39. The number of aryl methyl sites for hydroxylation is 2. The van der Waals surface area contributed by atoms with Gasteiger partial charge in [0, 0.05) is 13.7 Å². The number of para-hydroxylation sites is 1. The van der Waals surface area contributed by atoms with Crippen molar-refractivity contribution in [3.63, 3.8) is 0 Å². The van der Waals surface area contributed by atoms with Crippen LogP contribution < -0.4 is 4.74 Å². The van der Waals surface area contributed by atoms with Crippen LogP contribution in [0, 0.1) is 13.8 Å². The van der Waals surface area contributed by atoms with Gasteiger partial charge in [-0.05, 0) is 25.0 Å². The van der Waals surface area contributed by atoms with Gasteiger partial charge in [0.15, 0.2) is 12.4 Å². The third-order valence-corrected chi connectivity index (χ3v) is 4.25. The highest BCUT2D eigenvalue weighted by molar-refractivity contribution is 5.78. The summed E-state index contributed by atoms with van der Waals surface area (Å²) in [6.07, 6.45) is 0. The summed E-state index contributed by atoms with van der Waals surface area (Å²) < 4.78 is 21.4. The van der Waals surface area contributed by atoms with E-state index in [1.165, 1.54) is 0 Å². The standard InChI is InChI=1S/C18H23N3O5/c1-12-5-4-6-13(2)17(12)25-11-16(22)21-7-8-24-9-14(21)18-19-15(10-23-3)26-20-18/h4-6,14H,7-11H2,1-3H3/t14-/m0/s1. The highest BCUT2D eigenvalue weighted by Crippen LogP contribution is 2.25. The van der Waals surface area contributed by atoms with E-state index in [4.69, 9.17) is 18.7 Å². The summed E-state index contributed by atoms with van der Waals surface area (Å²) in [6.45, 7) is 5.33. The second-order valence-electron chi connectivity index (χ2n) is 6.17. The van der Waals surface area contributed by atoms with Crippen LogP contribution in [0.25, 0.3) is 0 Å². The summed E-state index contributed by atoms with van der Waals surface area (Å²) >= 11 is 0. The van der Waals surface area contributed by atoms with E-state index in [-0.39, 0.29) is 19.1 Å². The summed E-state index contributed by atoms with van der Waals surface area (Å²) in [5, 5.41) is 3.96. The maximum atomic E-state index is 12.7. The zero-order valence-electron chi connectivity index (χ0n) is 15.2. The molecule has 1 aromatic carbocycles. The van der Waals surface area contributed by atoms with Crippen molar-refractivity contribution in [3.8, 4) is 5.75 Å². The molecular formula is C18H23N3O5. The Morgan fingerprint density at radius 2 is 2.12 bits per heavy atom. The molecule has 1 atom stereocenters. The second kappa shape index (κ2) is 8.29. The average molecular weight is 361 g/mol. The van der Waals surface area contributed by atoms with Gasteiger partial charge in [-0.25, -0.2) is 0 Å². The second-order valence-corrected chi connectivity index (χ2v) is 6.17. The molecule has 1 aliphatic heterocycles. The minimum atomic E-state index is -0.396. The third-order valence-electron chi connectivity index (χ3n) is 4.25. The van der Waals surface area contributed by atoms with Gasteiger partial charge in [-0.2, -0.15) is 4.98 Å². The van der Waals surface area contributed by atoms with E-state index >= 15 is 0 Å². The van der Waals surface area contributed by atoms with Gasteiger partial charge in [0.05, 0.1) is 13.2 Å². The molecule has 0 aliphatic carbocycles. The first-order valence-electron chi connectivity index (χ1n) is 8.47. The lowest BCUT2D eigenvalue weighted by Gasteiger charge is -2.33. The van der Waals surface area contributed by atoms with Gasteiger partial charge >= 0.3 is 0 Å². The van der Waals surface area contributed by atoms with Gasteiger partial charge in [-0.15, -0.1) is 0 Å². The number of benzene rings is 1. The molecule has 0 bridgehead atoms. The molecule has 2 heterocycles. The van der Waals surface area contributed by atoms with E-state index in [0.717, 1.165) is 16.9 Å². The Kier molecular flexibility index (Phi) is 5.85. The van der Waals surface area contributed by atoms with E-state index in [1.807, 2.05) is 32.0 Å². The normalized spacial score (nSPS) is 17.3. The lowest BCUT2D eigenvalue weighted by molar-refractivity contribution is -0.142. The number of amides is 1. The van der Waals surface area contributed by atoms with Gasteiger partial charge in [0.25, 0.3) is 11.8 Å². The van der Waals surface area contributed by atoms with Crippen molar-refractivity contribution in [1.29, 1.82) is 0 Å². The predicted molar refractivity (Wildman–Crippen MR) is 91.7 cm³/mol. The Morgan fingerprint density at radius 3 is 2.85 bits per heavy atom. The average Bonchev–Trinajstić information content (AvgIpc) is 3.10. The molecule has 1 saturated heterocycles. The van der Waals surface area contributed by atoms with Crippen LogP contribution in [0.2, 0.25) is 0 Å². The van der Waals surface area contributed by atoms with Crippen molar-refractivity contribution in [2.45, 2.75) is 26.5 Å². The van der Waals surface area contributed by atoms with Gasteiger partial charge in [0.2, 0.25) is 0 Å². The van der Waals surface area contributed by atoms with Crippen molar-refractivity contribution >= 4 is 5.91 Å². The summed E-state index contributed by atoms with van der Waals surface area (Å²) in [5.41, 5.74) is 2.00. The van der Waals surface area contributed by atoms with E-state index in [1.54, 1.807) is 12.0 Å². The first-order chi connectivity index (χ1) is 12.6. The van der Waals surface area contributed by atoms with E-state index in [0.29, 0.717) is 31.5 Å². The molecule has 8 heteroatoms. The number of carbonyl (C=O) groups is 1. The molecule has 1 aromatic heterocycles. The lowest BCUT2D eigenvalue weighted by atomic mass is 10.1. The molecule has 140 valence electrons. The van der Waals surface area contributed by atoms with Crippen LogP contribution in [0.4, 0.5) is 0 Å². The first-order valence-corrected chi connectivity index (χ1v) is 8.47. The SMILES string of the molecule is COCc1nc([C@@H]2COCCN2C(=O)COc2c(C)cccc2C)no1. The number of hydrogen-bond donors (Lipinski definition) is 0. The number of aromatic nitrogens is 2. The van der Waals surface area contributed by atoms with Crippen molar-refractivity contribution in [3.05, 3.63) is 41.0 Å². The van der Waals surface area contributed by atoms with Crippen LogP contribution in [0.1, 0.15) is 28.9 Å². The van der Waals surface area contributed by atoms with E-state index in [9.17, 15) is 4.79 Å². The molecule has 8 nitrogen and oxygen atoms in total. The maximum absolute atomic E-state index is 12.7. The van der Waals surface area contributed by atoms with Crippen molar-refractivity contribution in [1.82, 2.24) is 15.0 Å². The molecule has 1 fully saturated rings. The molecule has 0 unspecified atom stereocenters. The Bertz CT molecular complexity index is 741. The Hall–Kier alpha value is -2.45. The van der Waals surface area contributed by atoms with Crippen LogP contribution in [0.5, 0.6) is 5.75 Å². The largest absolute Gasteiger partial charge is 0.483 e. The number of hydrogen-bond acceptors (Lipinski definition) is 7. The van der Waals surface area contributed by atoms with Crippen LogP contribution >= 0.6 is 0 Å². The third kappa shape index (κ3) is 4.03. The number of carbonyl (C=O) groups excluding carboxylic acids is 1. The van der Waals surface area contributed by atoms with E-state index < -0.39 is 6.04 Å². The summed E-state index contributed by atoms with van der Waals surface area (Å²) in [7, 11) is 1.55. The fourth-order valence-corrected chi connectivity index (χ4v) is 2.95. The Labute approximate surface area is 152 Å². The molecule has 3 rings (SSSR count). The summed E-state index contributed by atoms with van der Waals surface area (Å²) in [4.78, 5) is 18.7. The zero-order valence-corrected chi connectivity index (χ0v) is 15.2. The fourth-order valence-electron chi connectivity index (χ4n) is 2.95. The fraction of sp³-hybridized carbons (Fsp3) is 0.500. The minimum Gasteiger partial charge on any atom is -0.483 e. The molecule has 2 aromatic rings. The monoisotopic (exact) mass is 361 g/mol. The molecular weight excluding hydrogens is 338 g/mol. The van der Waals surface area contributed by atoms with Gasteiger partial charge in [0.1, 0.15) is 18.4 Å². The number of nitrogens with zero attached hydrogens (tertiary/aromatic N) is 3. The number of ether oxygens (including phenoxy) is 3.